The van der Waals surface area contributed by atoms with Crippen molar-refractivity contribution in [2.75, 3.05) is 11.9 Å². The Bertz CT molecular complexity index is 725. The van der Waals surface area contributed by atoms with Gasteiger partial charge in [0.05, 0.1) is 16.6 Å². The maximum absolute atomic E-state index is 13.6. The zero-order valence-electron chi connectivity index (χ0n) is 11.3. The first-order valence-electron chi connectivity index (χ1n) is 6.16. The lowest BCUT2D eigenvalue weighted by atomic mass is 10.1. The second-order valence-corrected chi connectivity index (χ2v) is 4.52. The molecule has 0 saturated carbocycles. The van der Waals surface area contributed by atoms with Gasteiger partial charge in [-0.15, -0.1) is 0 Å². The summed E-state index contributed by atoms with van der Waals surface area (Å²) in [5, 5.41) is 19.9. The minimum atomic E-state index is -0.548. The molecule has 5 nitrogen and oxygen atoms in total. The van der Waals surface area contributed by atoms with Crippen molar-refractivity contribution in [3.63, 3.8) is 0 Å². The number of hydrogen-bond acceptors (Lipinski definition) is 4. The average molecular weight is 285 g/mol. The maximum atomic E-state index is 13.6. The molecule has 2 aromatic carbocycles. The number of nitro groups is 1. The van der Waals surface area contributed by atoms with Gasteiger partial charge >= 0.3 is 0 Å². The molecule has 0 aromatic heterocycles. The number of hydrogen-bond donors (Lipinski definition) is 0. The molecule has 0 aliphatic heterocycles. The smallest absolute Gasteiger partial charge is 0.293 e. The molecule has 21 heavy (non-hydrogen) atoms. The number of nitrogens with zero attached hydrogens (tertiary/aromatic N) is 3. The fourth-order valence-corrected chi connectivity index (χ4v) is 2.03. The lowest BCUT2D eigenvalue weighted by Gasteiger charge is -2.19. The standard InChI is InChI=1S/C15H12FN3O2/c1-18(10-12-4-2-3-5-13(12)16)14-7-6-11(9-17)8-15(14)19(20)21/h2-8H,10H2,1H3. The Kier molecular flexibility index (Phi) is 4.14. The molecular weight excluding hydrogens is 273 g/mol. The van der Waals surface area contributed by atoms with Crippen molar-refractivity contribution in [2.24, 2.45) is 0 Å². The summed E-state index contributed by atoms with van der Waals surface area (Å²) in [7, 11) is 1.64. The zero-order valence-corrected chi connectivity index (χ0v) is 11.3. The molecule has 0 bridgehead atoms. The van der Waals surface area contributed by atoms with Crippen LogP contribution in [0, 0.1) is 27.3 Å². The van der Waals surface area contributed by atoms with Crippen LogP contribution in [-0.4, -0.2) is 12.0 Å². The lowest BCUT2D eigenvalue weighted by molar-refractivity contribution is -0.384. The number of nitro benzene ring substituents is 1. The van der Waals surface area contributed by atoms with E-state index in [-0.39, 0.29) is 23.6 Å². The fraction of sp³-hybridized carbons (Fsp3) is 0.133. The van der Waals surface area contributed by atoms with Gasteiger partial charge in [0.1, 0.15) is 11.5 Å². The first kappa shape index (κ1) is 14.5. The summed E-state index contributed by atoms with van der Waals surface area (Å²) in [6, 6.07) is 12.3. The van der Waals surface area contributed by atoms with Crippen molar-refractivity contribution in [2.45, 2.75) is 6.54 Å². The summed E-state index contributed by atoms with van der Waals surface area (Å²) in [5.74, 6) is -0.361. The van der Waals surface area contributed by atoms with Crippen molar-refractivity contribution in [1.29, 1.82) is 5.26 Å². The van der Waals surface area contributed by atoms with Crippen LogP contribution < -0.4 is 4.90 Å². The Morgan fingerprint density at radius 1 is 1.33 bits per heavy atom. The molecule has 0 fully saturated rings. The van der Waals surface area contributed by atoms with E-state index in [0.717, 1.165) is 0 Å². The molecule has 0 amide bonds. The molecule has 6 heteroatoms. The molecule has 0 aliphatic carbocycles. The van der Waals surface area contributed by atoms with Gasteiger partial charge in [0.25, 0.3) is 5.69 Å². The van der Waals surface area contributed by atoms with Crippen molar-refractivity contribution >= 4 is 11.4 Å². The summed E-state index contributed by atoms with van der Waals surface area (Å²) in [4.78, 5) is 12.1. The summed E-state index contributed by atoms with van der Waals surface area (Å²) < 4.78 is 13.6. The monoisotopic (exact) mass is 285 g/mol. The van der Waals surface area contributed by atoms with Crippen molar-refractivity contribution < 1.29 is 9.31 Å². The molecule has 2 rings (SSSR count). The summed E-state index contributed by atoms with van der Waals surface area (Å²) >= 11 is 0. The van der Waals surface area contributed by atoms with E-state index in [4.69, 9.17) is 5.26 Å². The second-order valence-electron chi connectivity index (χ2n) is 4.52. The molecule has 0 heterocycles. The molecular formula is C15H12FN3O2. The number of halogens is 1. The van der Waals surface area contributed by atoms with E-state index in [2.05, 4.69) is 0 Å². The third-order valence-electron chi connectivity index (χ3n) is 3.08. The predicted octanol–water partition coefficient (Wildman–Crippen LogP) is 3.24. The normalized spacial score (nSPS) is 9.95. The highest BCUT2D eigenvalue weighted by Gasteiger charge is 2.18. The molecule has 0 atom stereocenters. The highest BCUT2D eigenvalue weighted by Crippen LogP contribution is 2.29. The van der Waals surface area contributed by atoms with Gasteiger partial charge in [0.15, 0.2) is 0 Å². The number of benzene rings is 2. The van der Waals surface area contributed by atoms with Crippen LogP contribution >= 0.6 is 0 Å². The van der Waals surface area contributed by atoms with Crippen molar-refractivity contribution in [3.8, 4) is 6.07 Å². The Labute approximate surface area is 121 Å². The average Bonchev–Trinajstić information content (AvgIpc) is 2.48. The SMILES string of the molecule is CN(Cc1ccccc1F)c1ccc(C#N)cc1[N+](=O)[O-]. The van der Waals surface area contributed by atoms with Gasteiger partial charge < -0.3 is 4.90 Å². The van der Waals surface area contributed by atoms with Gasteiger partial charge in [-0.05, 0) is 18.2 Å². The Morgan fingerprint density at radius 2 is 2.05 bits per heavy atom. The van der Waals surface area contributed by atoms with Crippen LogP contribution in [0.3, 0.4) is 0 Å². The highest BCUT2D eigenvalue weighted by atomic mass is 19.1. The van der Waals surface area contributed by atoms with Crippen LogP contribution in [-0.2, 0) is 6.54 Å². The topological polar surface area (TPSA) is 70.2 Å². The third kappa shape index (κ3) is 3.15. The Morgan fingerprint density at radius 3 is 2.67 bits per heavy atom. The second kappa shape index (κ2) is 6.01. The van der Waals surface area contributed by atoms with Gasteiger partial charge in [0, 0.05) is 25.2 Å². The Balaban J connectivity index is 2.35. The summed E-state index contributed by atoms with van der Waals surface area (Å²) in [6.07, 6.45) is 0. The molecule has 0 radical (unpaired) electrons. The fourth-order valence-electron chi connectivity index (χ4n) is 2.03. The van der Waals surface area contributed by atoms with Crippen molar-refractivity contribution in [3.05, 3.63) is 69.5 Å². The third-order valence-corrected chi connectivity index (χ3v) is 3.08. The summed E-state index contributed by atoms with van der Waals surface area (Å²) in [5.41, 5.74) is 0.818. The van der Waals surface area contributed by atoms with Crippen LogP contribution in [0.15, 0.2) is 42.5 Å². The van der Waals surface area contributed by atoms with Crippen LogP contribution in [0.2, 0.25) is 0 Å². The molecule has 106 valence electrons. The van der Waals surface area contributed by atoms with Gasteiger partial charge in [-0.1, -0.05) is 18.2 Å². The predicted molar refractivity (Wildman–Crippen MR) is 76.3 cm³/mol. The van der Waals surface area contributed by atoms with Crippen molar-refractivity contribution in [1.82, 2.24) is 0 Å². The van der Waals surface area contributed by atoms with E-state index in [1.54, 1.807) is 30.1 Å². The molecule has 0 unspecified atom stereocenters. The van der Waals surface area contributed by atoms with E-state index < -0.39 is 4.92 Å². The molecule has 2 aromatic rings. The van der Waals surface area contributed by atoms with Crippen LogP contribution in [0.5, 0.6) is 0 Å². The lowest BCUT2D eigenvalue weighted by Crippen LogP contribution is -2.18. The maximum Gasteiger partial charge on any atom is 0.293 e. The number of anilines is 1. The number of rotatable bonds is 4. The van der Waals surface area contributed by atoms with Gasteiger partial charge in [-0.25, -0.2) is 4.39 Å². The zero-order chi connectivity index (χ0) is 15.4. The molecule has 0 N–H and O–H groups in total. The van der Waals surface area contributed by atoms with Crippen LogP contribution in [0.25, 0.3) is 0 Å². The highest BCUT2D eigenvalue weighted by molar-refractivity contribution is 5.65. The Hall–Kier alpha value is -2.94. The quantitative estimate of drug-likeness (QED) is 0.638. The van der Waals surface area contributed by atoms with E-state index in [0.29, 0.717) is 11.3 Å². The molecule has 0 aliphatic rings. The van der Waals surface area contributed by atoms with E-state index in [9.17, 15) is 14.5 Å². The van der Waals surface area contributed by atoms with Gasteiger partial charge in [-0.3, -0.25) is 10.1 Å². The van der Waals surface area contributed by atoms with Crippen LogP contribution in [0.1, 0.15) is 11.1 Å². The minimum Gasteiger partial charge on any atom is -0.365 e. The van der Waals surface area contributed by atoms with Gasteiger partial charge in [0.2, 0.25) is 0 Å². The van der Waals surface area contributed by atoms with E-state index in [1.807, 2.05) is 6.07 Å². The van der Waals surface area contributed by atoms with Gasteiger partial charge in [-0.2, -0.15) is 5.26 Å². The largest absolute Gasteiger partial charge is 0.365 e. The van der Waals surface area contributed by atoms with E-state index in [1.165, 1.54) is 24.3 Å². The van der Waals surface area contributed by atoms with E-state index >= 15 is 0 Å². The molecule has 0 saturated heterocycles. The van der Waals surface area contributed by atoms with Crippen LogP contribution in [0.4, 0.5) is 15.8 Å². The first-order valence-corrected chi connectivity index (χ1v) is 6.16. The summed E-state index contributed by atoms with van der Waals surface area (Å²) in [6.45, 7) is 0.194. The number of nitriles is 1. The molecule has 0 spiro atoms. The first-order chi connectivity index (χ1) is 10.0. The minimum absolute atomic E-state index is 0.173.